The molecule has 0 aromatic heterocycles. The first-order valence-electron chi connectivity index (χ1n) is 7.13. The van der Waals surface area contributed by atoms with Gasteiger partial charge in [0, 0.05) is 12.6 Å². The molecule has 0 aromatic rings. The van der Waals surface area contributed by atoms with Gasteiger partial charge in [0.15, 0.2) is 6.73 Å². The van der Waals surface area contributed by atoms with Gasteiger partial charge >= 0.3 is 11.9 Å². The maximum Gasteiger partial charge on any atom is 0.341 e. The van der Waals surface area contributed by atoms with Crippen molar-refractivity contribution in [1.29, 1.82) is 0 Å². The molecule has 20 heavy (non-hydrogen) atoms. The largest absolute Gasteiger partial charge is 0.458 e. The van der Waals surface area contributed by atoms with Crippen LogP contribution in [0.15, 0.2) is 0 Å². The number of ether oxygens (including phenoxy) is 2. The molecule has 0 radical (unpaired) electrons. The number of hydrogen-bond acceptors (Lipinski definition) is 6. The molecule has 6 nitrogen and oxygen atoms in total. The Balaban J connectivity index is 2.33. The number of carbonyl (C=O) groups excluding carboxylic acids is 2. The van der Waals surface area contributed by atoms with Crippen LogP contribution in [0.2, 0.25) is 0 Å². The summed E-state index contributed by atoms with van der Waals surface area (Å²) < 4.78 is 10.7. The van der Waals surface area contributed by atoms with Gasteiger partial charge in [0.1, 0.15) is 5.60 Å². The number of hydrazine groups is 1. The molecule has 2 heterocycles. The number of rotatable bonds is 2. The fourth-order valence-corrected chi connectivity index (χ4v) is 2.75. The maximum atomic E-state index is 12.6. The van der Waals surface area contributed by atoms with Crippen LogP contribution < -0.4 is 0 Å². The molecule has 2 saturated heterocycles. The average Bonchev–Trinajstić information content (AvgIpc) is 2.73. The average molecular weight is 284 g/mol. The molecule has 0 spiro atoms. The van der Waals surface area contributed by atoms with Crippen molar-refractivity contribution >= 4 is 11.9 Å². The summed E-state index contributed by atoms with van der Waals surface area (Å²) in [7, 11) is 0. The van der Waals surface area contributed by atoms with E-state index < -0.39 is 23.1 Å². The molecule has 0 amide bonds. The van der Waals surface area contributed by atoms with Gasteiger partial charge in [0.2, 0.25) is 5.54 Å². The molecule has 114 valence electrons. The van der Waals surface area contributed by atoms with Gasteiger partial charge < -0.3 is 9.47 Å². The molecule has 1 atom stereocenters. The Bertz CT molecular complexity index is 416. The minimum atomic E-state index is -1.30. The fraction of sp³-hybridized carbons (Fsp3) is 0.857. The molecule has 0 bridgehead atoms. The van der Waals surface area contributed by atoms with Gasteiger partial charge in [-0.15, -0.1) is 0 Å². The standard InChI is InChI=1S/C14H24N2O4/c1-10(2)15-9-19-11(17)14(7-6-8-16(14)15)12(18)20-13(3,4)5/h10H,6-9H2,1-5H3/t14-/m0/s1. The lowest BCUT2D eigenvalue weighted by atomic mass is 9.96. The summed E-state index contributed by atoms with van der Waals surface area (Å²) in [5.74, 6) is -0.987. The molecule has 2 fully saturated rings. The van der Waals surface area contributed by atoms with E-state index in [1.165, 1.54) is 0 Å². The molecular weight excluding hydrogens is 260 g/mol. The van der Waals surface area contributed by atoms with Crippen LogP contribution in [0.5, 0.6) is 0 Å². The second-order valence-electron chi connectivity index (χ2n) is 6.68. The first kappa shape index (κ1) is 15.3. The number of carbonyl (C=O) groups is 2. The van der Waals surface area contributed by atoms with Crippen molar-refractivity contribution in [3.8, 4) is 0 Å². The van der Waals surface area contributed by atoms with E-state index in [4.69, 9.17) is 9.47 Å². The van der Waals surface area contributed by atoms with E-state index in [0.29, 0.717) is 13.0 Å². The van der Waals surface area contributed by atoms with Crippen molar-refractivity contribution in [2.24, 2.45) is 0 Å². The summed E-state index contributed by atoms with van der Waals surface area (Å²) in [6.45, 7) is 10.3. The van der Waals surface area contributed by atoms with Crippen LogP contribution in [0.3, 0.4) is 0 Å². The van der Waals surface area contributed by atoms with Gasteiger partial charge in [-0.05, 0) is 47.5 Å². The van der Waals surface area contributed by atoms with Crippen molar-refractivity contribution in [1.82, 2.24) is 10.0 Å². The van der Waals surface area contributed by atoms with E-state index in [2.05, 4.69) is 0 Å². The zero-order valence-electron chi connectivity index (χ0n) is 12.9. The predicted octanol–water partition coefficient (Wildman–Crippen LogP) is 1.30. The minimum Gasteiger partial charge on any atom is -0.458 e. The predicted molar refractivity (Wildman–Crippen MR) is 72.5 cm³/mol. The highest BCUT2D eigenvalue weighted by molar-refractivity contribution is 6.05. The van der Waals surface area contributed by atoms with E-state index in [-0.39, 0.29) is 12.8 Å². The molecule has 6 heteroatoms. The van der Waals surface area contributed by atoms with Gasteiger partial charge in [-0.1, -0.05) is 0 Å². The van der Waals surface area contributed by atoms with Crippen molar-refractivity contribution in [3.05, 3.63) is 0 Å². The fourth-order valence-electron chi connectivity index (χ4n) is 2.75. The maximum absolute atomic E-state index is 12.6. The van der Waals surface area contributed by atoms with Gasteiger partial charge in [0.05, 0.1) is 0 Å². The minimum absolute atomic E-state index is 0.156. The third-order valence-electron chi connectivity index (χ3n) is 3.66. The highest BCUT2D eigenvalue weighted by Gasteiger charge is 2.61. The Morgan fingerprint density at radius 3 is 2.60 bits per heavy atom. The number of nitrogens with zero attached hydrogens (tertiary/aromatic N) is 2. The van der Waals surface area contributed by atoms with Crippen LogP contribution in [-0.4, -0.2) is 52.4 Å². The van der Waals surface area contributed by atoms with Crippen LogP contribution in [-0.2, 0) is 19.1 Å². The molecule has 2 aliphatic rings. The number of hydrogen-bond donors (Lipinski definition) is 0. The summed E-state index contributed by atoms with van der Waals surface area (Å²) in [5, 5.41) is 3.77. The SMILES string of the molecule is CC(C)N1COC(=O)[C@]2(C(=O)OC(C)(C)C)CCCN12. The number of esters is 2. The molecular formula is C14H24N2O4. The Labute approximate surface area is 120 Å². The monoisotopic (exact) mass is 284 g/mol. The van der Waals surface area contributed by atoms with Crippen molar-refractivity contribution in [2.75, 3.05) is 13.3 Å². The van der Waals surface area contributed by atoms with Gasteiger partial charge in [0.25, 0.3) is 0 Å². The smallest absolute Gasteiger partial charge is 0.341 e. The summed E-state index contributed by atoms with van der Waals surface area (Å²) in [6, 6.07) is 0.156. The van der Waals surface area contributed by atoms with Crippen LogP contribution in [0.4, 0.5) is 0 Å². The van der Waals surface area contributed by atoms with Crippen LogP contribution in [0.25, 0.3) is 0 Å². The van der Waals surface area contributed by atoms with Gasteiger partial charge in [-0.25, -0.2) is 19.6 Å². The zero-order chi connectivity index (χ0) is 15.1. The lowest BCUT2D eigenvalue weighted by molar-refractivity contribution is -0.232. The molecule has 0 saturated carbocycles. The summed E-state index contributed by atoms with van der Waals surface area (Å²) in [4.78, 5) is 24.9. The van der Waals surface area contributed by atoms with Crippen LogP contribution in [0.1, 0.15) is 47.5 Å². The Morgan fingerprint density at radius 1 is 1.40 bits per heavy atom. The molecule has 0 aliphatic carbocycles. The Morgan fingerprint density at radius 2 is 2.05 bits per heavy atom. The lowest BCUT2D eigenvalue weighted by Crippen LogP contribution is -2.69. The third kappa shape index (κ3) is 2.42. The lowest BCUT2D eigenvalue weighted by Gasteiger charge is -2.47. The number of fused-ring (bicyclic) bond motifs is 1. The van der Waals surface area contributed by atoms with E-state index in [1.807, 2.05) is 23.9 Å². The van der Waals surface area contributed by atoms with Crippen LogP contribution in [0, 0.1) is 0 Å². The second-order valence-corrected chi connectivity index (χ2v) is 6.68. The quantitative estimate of drug-likeness (QED) is 0.563. The highest BCUT2D eigenvalue weighted by atomic mass is 16.6. The highest BCUT2D eigenvalue weighted by Crippen LogP contribution is 2.38. The second kappa shape index (κ2) is 5.00. The summed E-state index contributed by atoms with van der Waals surface area (Å²) >= 11 is 0. The molecule has 0 aromatic carbocycles. The molecule has 2 aliphatic heterocycles. The van der Waals surface area contributed by atoms with E-state index in [9.17, 15) is 9.59 Å². The van der Waals surface area contributed by atoms with E-state index in [1.54, 1.807) is 20.8 Å². The molecule has 2 rings (SSSR count). The Hall–Kier alpha value is -1.14. The van der Waals surface area contributed by atoms with Gasteiger partial charge in [-0.3, -0.25) is 0 Å². The summed E-state index contributed by atoms with van der Waals surface area (Å²) in [6.07, 6.45) is 1.22. The van der Waals surface area contributed by atoms with E-state index >= 15 is 0 Å². The van der Waals surface area contributed by atoms with E-state index in [0.717, 1.165) is 6.42 Å². The number of cyclic esters (lactones) is 1. The van der Waals surface area contributed by atoms with Crippen molar-refractivity contribution in [3.63, 3.8) is 0 Å². The first-order chi connectivity index (χ1) is 9.18. The molecule has 0 N–H and O–H groups in total. The third-order valence-corrected chi connectivity index (χ3v) is 3.66. The zero-order valence-corrected chi connectivity index (χ0v) is 12.9. The van der Waals surface area contributed by atoms with Crippen molar-refractivity contribution in [2.45, 2.75) is 64.6 Å². The topological polar surface area (TPSA) is 59.1 Å². The molecule has 0 unspecified atom stereocenters. The first-order valence-corrected chi connectivity index (χ1v) is 7.13. The van der Waals surface area contributed by atoms with Crippen LogP contribution >= 0.6 is 0 Å². The Kier molecular flexibility index (Phi) is 3.81. The summed E-state index contributed by atoms with van der Waals surface area (Å²) in [5.41, 5.74) is -1.92. The normalized spacial score (nSPS) is 28.4. The van der Waals surface area contributed by atoms with Gasteiger partial charge in [-0.2, -0.15) is 0 Å². The van der Waals surface area contributed by atoms with Crippen molar-refractivity contribution < 1.29 is 19.1 Å².